The molecule has 0 bridgehead atoms. The van der Waals surface area contributed by atoms with E-state index in [-0.39, 0.29) is 11.5 Å². The number of amides is 1. The van der Waals surface area contributed by atoms with E-state index in [4.69, 9.17) is 0 Å². The van der Waals surface area contributed by atoms with Crippen molar-refractivity contribution in [1.29, 1.82) is 5.26 Å². The zero-order chi connectivity index (χ0) is 19.2. The average Bonchev–Trinajstić information content (AvgIpc) is 2.67. The van der Waals surface area contributed by atoms with Crippen LogP contribution in [0.1, 0.15) is 45.6 Å². The van der Waals surface area contributed by atoms with E-state index in [1.807, 2.05) is 30.3 Å². The Labute approximate surface area is 158 Å². The molecule has 0 radical (unpaired) electrons. The second kappa shape index (κ2) is 13.0. The van der Waals surface area contributed by atoms with Gasteiger partial charge in [0, 0.05) is 18.4 Å². The highest BCUT2D eigenvalue weighted by Crippen LogP contribution is 2.12. The Balaban J connectivity index is 2.46. The number of carbonyl (C=O) groups excluding carboxylic acids is 1. The quantitative estimate of drug-likeness (QED) is 0.340. The molecule has 26 heavy (non-hydrogen) atoms. The smallest absolute Gasteiger partial charge is 0.267 e. The molecule has 142 valence electrons. The minimum absolute atomic E-state index is 0.0860. The van der Waals surface area contributed by atoms with E-state index in [0.29, 0.717) is 5.69 Å². The fourth-order valence-corrected chi connectivity index (χ4v) is 2.60. The molecular weight excluding hydrogens is 324 g/mol. The zero-order valence-electron chi connectivity index (χ0n) is 16.3. The van der Waals surface area contributed by atoms with Crippen molar-refractivity contribution in [2.75, 3.05) is 31.5 Å². The molecule has 5 heteroatoms. The van der Waals surface area contributed by atoms with Gasteiger partial charge in [-0.15, -0.1) is 0 Å². The third kappa shape index (κ3) is 8.17. The molecule has 0 aliphatic rings. The lowest BCUT2D eigenvalue weighted by Crippen LogP contribution is -2.26. The number of anilines is 1. The Hall–Kier alpha value is -2.32. The highest BCUT2D eigenvalue weighted by Gasteiger charge is 2.09. The van der Waals surface area contributed by atoms with Gasteiger partial charge in [-0.3, -0.25) is 4.79 Å². The molecule has 1 rings (SSSR count). The minimum Gasteiger partial charge on any atom is -0.390 e. The summed E-state index contributed by atoms with van der Waals surface area (Å²) in [5.74, 6) is -0.384. The number of hydrogen-bond acceptors (Lipinski definition) is 4. The monoisotopic (exact) mass is 356 g/mol. The maximum absolute atomic E-state index is 12.2. The molecule has 0 spiro atoms. The predicted molar refractivity (Wildman–Crippen MR) is 108 cm³/mol. The summed E-state index contributed by atoms with van der Waals surface area (Å²) in [5.41, 5.74) is 2.05. The van der Waals surface area contributed by atoms with E-state index < -0.39 is 0 Å². The zero-order valence-corrected chi connectivity index (χ0v) is 16.3. The molecule has 0 fully saturated rings. The van der Waals surface area contributed by atoms with Crippen LogP contribution in [0.25, 0.3) is 0 Å². The molecule has 0 unspecified atom stereocenters. The van der Waals surface area contributed by atoms with Gasteiger partial charge >= 0.3 is 0 Å². The summed E-state index contributed by atoms with van der Waals surface area (Å²) in [7, 11) is 0. The number of carbonyl (C=O) groups is 1. The molecule has 0 atom stereocenters. The summed E-state index contributed by atoms with van der Waals surface area (Å²) in [6.07, 6.45) is 5.85. The molecule has 5 nitrogen and oxygen atoms in total. The van der Waals surface area contributed by atoms with Crippen LogP contribution in [-0.2, 0) is 11.2 Å². The fraction of sp³-hybridized carbons (Fsp3) is 0.524. The summed E-state index contributed by atoms with van der Waals surface area (Å²) >= 11 is 0. The van der Waals surface area contributed by atoms with Crippen LogP contribution in [-0.4, -0.2) is 37.0 Å². The van der Waals surface area contributed by atoms with Gasteiger partial charge < -0.3 is 15.5 Å². The van der Waals surface area contributed by atoms with Gasteiger partial charge in [0.15, 0.2) is 0 Å². The van der Waals surface area contributed by atoms with Gasteiger partial charge in [0.2, 0.25) is 0 Å². The first-order valence-corrected chi connectivity index (χ1v) is 9.60. The first-order valence-electron chi connectivity index (χ1n) is 9.60. The maximum atomic E-state index is 12.2. The third-order valence-corrected chi connectivity index (χ3v) is 4.33. The van der Waals surface area contributed by atoms with Crippen LogP contribution >= 0.6 is 0 Å². The Morgan fingerprint density at radius 1 is 1.15 bits per heavy atom. The number of nitrogens with zero attached hydrogens (tertiary/aromatic N) is 2. The molecule has 0 heterocycles. The van der Waals surface area contributed by atoms with Crippen LogP contribution in [0.5, 0.6) is 0 Å². The summed E-state index contributed by atoms with van der Waals surface area (Å²) < 4.78 is 0. The van der Waals surface area contributed by atoms with Crippen molar-refractivity contribution in [3.05, 3.63) is 41.6 Å². The van der Waals surface area contributed by atoms with Crippen LogP contribution in [0.15, 0.2) is 36.0 Å². The van der Waals surface area contributed by atoms with Gasteiger partial charge in [-0.05, 0) is 56.6 Å². The molecule has 0 aliphatic carbocycles. The topological polar surface area (TPSA) is 68.2 Å². The second-order valence-corrected chi connectivity index (χ2v) is 6.26. The van der Waals surface area contributed by atoms with E-state index in [1.165, 1.54) is 11.8 Å². The summed E-state index contributed by atoms with van der Waals surface area (Å²) in [4.78, 5) is 14.6. The molecule has 2 N–H and O–H groups in total. The molecule has 1 aromatic rings. The number of nitrogens with one attached hydrogen (secondary N) is 2. The normalized spacial score (nSPS) is 11.3. The molecule has 1 aromatic carbocycles. The Morgan fingerprint density at radius 3 is 2.42 bits per heavy atom. The van der Waals surface area contributed by atoms with E-state index in [1.54, 1.807) is 0 Å². The Morgan fingerprint density at radius 2 is 1.85 bits per heavy atom. The van der Waals surface area contributed by atoms with Gasteiger partial charge in [-0.25, -0.2) is 0 Å². The predicted octanol–water partition coefficient (Wildman–Crippen LogP) is 3.70. The standard InChI is InChI=1S/C21H32N4O/c1-4-7-9-18-10-12-20(13-11-18)24-21(26)19(16-22)17-23-14-8-15-25(5-2)6-3/h10-13,17,23H,4-9,14-15H2,1-3H3,(H,24,26)/b19-17-. The third-order valence-electron chi connectivity index (χ3n) is 4.33. The minimum atomic E-state index is -0.384. The van der Waals surface area contributed by atoms with E-state index >= 15 is 0 Å². The van der Waals surface area contributed by atoms with Gasteiger partial charge in [0.05, 0.1) is 0 Å². The lowest BCUT2D eigenvalue weighted by Gasteiger charge is -2.17. The molecule has 1 amide bonds. The SMILES string of the molecule is CCCCc1ccc(NC(=O)/C(C#N)=C\NCCCN(CC)CC)cc1. The van der Waals surface area contributed by atoms with E-state index in [9.17, 15) is 10.1 Å². The number of aryl methyl sites for hydroxylation is 1. The van der Waals surface area contributed by atoms with Gasteiger partial charge in [-0.2, -0.15) is 5.26 Å². The van der Waals surface area contributed by atoms with Crippen LogP contribution in [0, 0.1) is 11.3 Å². The number of nitriles is 1. The van der Waals surface area contributed by atoms with Crippen LogP contribution < -0.4 is 10.6 Å². The van der Waals surface area contributed by atoms with Crippen molar-refractivity contribution in [3.63, 3.8) is 0 Å². The second-order valence-electron chi connectivity index (χ2n) is 6.26. The molecule has 0 aromatic heterocycles. The average molecular weight is 357 g/mol. The van der Waals surface area contributed by atoms with Crippen molar-refractivity contribution < 1.29 is 4.79 Å². The summed E-state index contributed by atoms with van der Waals surface area (Å²) in [6, 6.07) is 9.77. The largest absolute Gasteiger partial charge is 0.390 e. The van der Waals surface area contributed by atoms with Gasteiger partial charge in [-0.1, -0.05) is 39.3 Å². The highest BCUT2D eigenvalue weighted by molar-refractivity contribution is 6.06. The first-order chi connectivity index (χ1) is 12.6. The number of rotatable bonds is 12. The van der Waals surface area contributed by atoms with Crippen LogP contribution in [0.2, 0.25) is 0 Å². The Kier molecular flexibility index (Phi) is 10.8. The van der Waals surface area contributed by atoms with Crippen LogP contribution in [0.4, 0.5) is 5.69 Å². The van der Waals surface area contributed by atoms with Crippen molar-refractivity contribution in [2.45, 2.75) is 46.5 Å². The molecule has 0 saturated heterocycles. The number of unbranched alkanes of at least 4 members (excludes halogenated alkanes) is 1. The summed E-state index contributed by atoms with van der Waals surface area (Å²) in [5, 5.41) is 15.1. The van der Waals surface area contributed by atoms with Crippen molar-refractivity contribution in [3.8, 4) is 6.07 Å². The summed E-state index contributed by atoms with van der Waals surface area (Å²) in [6.45, 7) is 10.3. The van der Waals surface area contributed by atoms with E-state index in [0.717, 1.165) is 51.9 Å². The number of benzene rings is 1. The fourth-order valence-electron chi connectivity index (χ4n) is 2.60. The lowest BCUT2D eigenvalue weighted by atomic mass is 10.1. The highest BCUT2D eigenvalue weighted by atomic mass is 16.1. The van der Waals surface area contributed by atoms with E-state index in [2.05, 4.69) is 36.3 Å². The van der Waals surface area contributed by atoms with Crippen LogP contribution in [0.3, 0.4) is 0 Å². The molecule has 0 aliphatic heterocycles. The first kappa shape index (κ1) is 21.7. The number of hydrogen-bond donors (Lipinski definition) is 2. The van der Waals surface area contributed by atoms with Crippen molar-refractivity contribution in [2.24, 2.45) is 0 Å². The Bertz CT molecular complexity index is 597. The van der Waals surface area contributed by atoms with Gasteiger partial charge in [0.25, 0.3) is 5.91 Å². The maximum Gasteiger partial charge on any atom is 0.267 e. The lowest BCUT2D eigenvalue weighted by molar-refractivity contribution is -0.112. The van der Waals surface area contributed by atoms with Crippen molar-refractivity contribution in [1.82, 2.24) is 10.2 Å². The van der Waals surface area contributed by atoms with Crippen molar-refractivity contribution >= 4 is 11.6 Å². The molecule has 0 saturated carbocycles. The van der Waals surface area contributed by atoms with Gasteiger partial charge in [0.1, 0.15) is 11.6 Å². The molecular formula is C21H32N4O.